The summed E-state index contributed by atoms with van der Waals surface area (Å²) in [6.07, 6.45) is 1.59. The van der Waals surface area contributed by atoms with Gasteiger partial charge >= 0.3 is 5.63 Å². The lowest BCUT2D eigenvalue weighted by atomic mass is 10.1. The summed E-state index contributed by atoms with van der Waals surface area (Å²) < 4.78 is 5.06. The van der Waals surface area contributed by atoms with Gasteiger partial charge in [-0.15, -0.1) is 0 Å². The van der Waals surface area contributed by atoms with Gasteiger partial charge in [-0.05, 0) is 59.8 Å². The molecule has 1 aromatic heterocycles. The van der Waals surface area contributed by atoms with E-state index in [1.165, 1.54) is 6.07 Å². The van der Waals surface area contributed by atoms with Gasteiger partial charge in [0.05, 0.1) is 4.91 Å². The average molecular weight is 392 g/mol. The monoisotopic (exact) mass is 392 g/mol. The first-order chi connectivity index (χ1) is 13.5. The second kappa shape index (κ2) is 7.16. The molecule has 8 heteroatoms. The number of carbonyl (C=O) groups is 3. The van der Waals surface area contributed by atoms with Gasteiger partial charge in [0.25, 0.3) is 17.1 Å². The molecule has 0 spiro atoms. The number of carbonyl (C=O) groups excluding carboxylic acids is 3. The molecule has 2 heterocycles. The third-order valence-corrected chi connectivity index (χ3v) is 4.80. The minimum atomic E-state index is -0.433. The van der Waals surface area contributed by atoms with E-state index in [2.05, 4.69) is 10.6 Å². The molecular weight excluding hydrogens is 380 g/mol. The number of amides is 3. The lowest BCUT2D eigenvalue weighted by molar-refractivity contribution is -0.115. The molecule has 2 N–H and O–H groups in total. The molecule has 1 saturated heterocycles. The summed E-state index contributed by atoms with van der Waals surface area (Å²) in [4.78, 5) is 46.7. The van der Waals surface area contributed by atoms with E-state index in [1.807, 2.05) is 0 Å². The minimum Gasteiger partial charge on any atom is -0.423 e. The molecular formula is C20H12N2O5S. The first kappa shape index (κ1) is 17.7. The number of rotatable bonds is 3. The second-order valence-corrected chi connectivity index (χ2v) is 6.95. The van der Waals surface area contributed by atoms with Gasteiger partial charge in [0, 0.05) is 22.7 Å². The number of hydrogen-bond acceptors (Lipinski definition) is 6. The highest BCUT2D eigenvalue weighted by atomic mass is 32.2. The lowest BCUT2D eigenvalue weighted by Gasteiger charge is -2.06. The van der Waals surface area contributed by atoms with Gasteiger partial charge in [-0.1, -0.05) is 12.1 Å². The Hall–Kier alpha value is -3.65. The number of anilines is 1. The van der Waals surface area contributed by atoms with E-state index >= 15 is 0 Å². The largest absolute Gasteiger partial charge is 0.423 e. The fourth-order valence-corrected chi connectivity index (χ4v) is 3.34. The van der Waals surface area contributed by atoms with E-state index in [4.69, 9.17) is 4.42 Å². The number of thioether (sulfide) groups is 1. The Morgan fingerprint density at radius 2 is 1.79 bits per heavy atom. The number of hydrogen-bond donors (Lipinski definition) is 2. The van der Waals surface area contributed by atoms with Crippen LogP contribution in [0.3, 0.4) is 0 Å². The van der Waals surface area contributed by atoms with Gasteiger partial charge in [0.1, 0.15) is 5.58 Å². The van der Waals surface area contributed by atoms with Crippen molar-refractivity contribution in [3.8, 4) is 0 Å². The van der Waals surface area contributed by atoms with E-state index in [-0.39, 0.29) is 5.91 Å². The van der Waals surface area contributed by atoms with Gasteiger partial charge < -0.3 is 9.73 Å². The molecule has 2 aromatic carbocycles. The molecule has 28 heavy (non-hydrogen) atoms. The average Bonchev–Trinajstić information content (AvgIpc) is 2.99. The summed E-state index contributed by atoms with van der Waals surface area (Å²) in [5.41, 5.74) is 1.70. The van der Waals surface area contributed by atoms with Crippen molar-refractivity contribution in [2.45, 2.75) is 0 Å². The Balaban J connectivity index is 1.50. The summed E-state index contributed by atoms with van der Waals surface area (Å²) >= 11 is 0.838. The third kappa shape index (κ3) is 3.72. The van der Waals surface area contributed by atoms with E-state index in [0.29, 0.717) is 32.7 Å². The van der Waals surface area contributed by atoms with Crippen LogP contribution >= 0.6 is 11.8 Å². The molecule has 0 radical (unpaired) electrons. The molecule has 3 amide bonds. The van der Waals surface area contributed by atoms with E-state index in [0.717, 1.165) is 11.8 Å². The highest BCUT2D eigenvalue weighted by molar-refractivity contribution is 8.18. The Bertz CT molecular complexity index is 1210. The van der Waals surface area contributed by atoms with Crippen molar-refractivity contribution >= 4 is 51.5 Å². The van der Waals surface area contributed by atoms with Crippen LogP contribution in [0.2, 0.25) is 0 Å². The van der Waals surface area contributed by atoms with Crippen LogP contribution in [0.25, 0.3) is 17.0 Å². The Labute approximate surface area is 162 Å². The standard InChI is InChI=1S/C20H12N2O5S/c23-17-8-5-13-10-14(6-7-15(13)27-17)21-18(24)12-3-1-11(2-4-12)9-16-19(25)22-20(26)28-16/h1-10H,(H,21,24)(H,22,25,26)/b16-9-. The first-order valence-corrected chi connectivity index (χ1v) is 9.00. The van der Waals surface area contributed by atoms with Crippen LogP contribution in [-0.4, -0.2) is 17.1 Å². The smallest absolute Gasteiger partial charge is 0.336 e. The molecule has 0 bridgehead atoms. The lowest BCUT2D eigenvalue weighted by Crippen LogP contribution is -2.17. The van der Waals surface area contributed by atoms with Crippen LogP contribution in [0.1, 0.15) is 15.9 Å². The molecule has 0 aliphatic carbocycles. The highest BCUT2D eigenvalue weighted by Crippen LogP contribution is 2.25. The molecule has 1 aliphatic heterocycles. The van der Waals surface area contributed by atoms with E-state index in [1.54, 1.807) is 54.6 Å². The van der Waals surface area contributed by atoms with Gasteiger partial charge in [0.2, 0.25) is 0 Å². The molecule has 4 rings (SSSR count). The number of fused-ring (bicyclic) bond motifs is 1. The van der Waals surface area contributed by atoms with Gasteiger partial charge in [-0.25, -0.2) is 4.79 Å². The maximum atomic E-state index is 12.4. The third-order valence-electron chi connectivity index (χ3n) is 3.99. The normalized spacial score (nSPS) is 15.1. The molecule has 7 nitrogen and oxygen atoms in total. The first-order valence-electron chi connectivity index (χ1n) is 8.18. The minimum absolute atomic E-state index is 0.306. The summed E-state index contributed by atoms with van der Waals surface area (Å²) in [7, 11) is 0. The quantitative estimate of drug-likeness (QED) is 0.523. The van der Waals surface area contributed by atoms with Crippen LogP contribution in [0.5, 0.6) is 0 Å². The highest BCUT2D eigenvalue weighted by Gasteiger charge is 2.24. The van der Waals surface area contributed by atoms with E-state index < -0.39 is 16.8 Å². The summed E-state index contributed by atoms with van der Waals surface area (Å²) in [5.74, 6) is -0.733. The van der Waals surface area contributed by atoms with E-state index in [9.17, 15) is 19.2 Å². The van der Waals surface area contributed by atoms with Crippen molar-refractivity contribution in [1.82, 2.24) is 5.32 Å². The Kier molecular flexibility index (Phi) is 4.54. The van der Waals surface area contributed by atoms with Crippen molar-refractivity contribution in [2.75, 3.05) is 5.32 Å². The topological polar surface area (TPSA) is 105 Å². The van der Waals surface area contributed by atoms with Crippen LogP contribution in [0.15, 0.2) is 68.7 Å². The van der Waals surface area contributed by atoms with Crippen LogP contribution < -0.4 is 16.3 Å². The zero-order valence-corrected chi connectivity index (χ0v) is 15.0. The fourth-order valence-electron chi connectivity index (χ4n) is 2.66. The zero-order valence-electron chi connectivity index (χ0n) is 14.2. The van der Waals surface area contributed by atoms with Crippen molar-refractivity contribution in [3.05, 3.63) is 81.0 Å². The van der Waals surface area contributed by atoms with Gasteiger partial charge in [0.15, 0.2) is 0 Å². The number of nitrogens with one attached hydrogen (secondary N) is 2. The molecule has 0 unspecified atom stereocenters. The zero-order chi connectivity index (χ0) is 19.7. The van der Waals surface area contributed by atoms with Gasteiger partial charge in [-0.3, -0.25) is 19.7 Å². The molecule has 1 aliphatic rings. The summed E-state index contributed by atoms with van der Waals surface area (Å²) in [6.45, 7) is 0. The number of benzene rings is 2. The Morgan fingerprint density at radius 1 is 1.00 bits per heavy atom. The van der Waals surface area contributed by atoms with Gasteiger partial charge in [-0.2, -0.15) is 0 Å². The van der Waals surface area contributed by atoms with Crippen molar-refractivity contribution in [1.29, 1.82) is 0 Å². The predicted octanol–water partition coefficient (Wildman–Crippen LogP) is 3.37. The predicted molar refractivity (Wildman–Crippen MR) is 106 cm³/mol. The maximum Gasteiger partial charge on any atom is 0.336 e. The van der Waals surface area contributed by atoms with Crippen molar-refractivity contribution in [2.24, 2.45) is 0 Å². The van der Waals surface area contributed by atoms with Crippen LogP contribution in [0, 0.1) is 0 Å². The molecule has 3 aromatic rings. The number of imide groups is 1. The molecule has 0 saturated carbocycles. The Morgan fingerprint density at radius 3 is 2.50 bits per heavy atom. The maximum absolute atomic E-state index is 12.4. The summed E-state index contributed by atoms with van der Waals surface area (Å²) in [5, 5.41) is 5.27. The molecule has 1 fully saturated rings. The van der Waals surface area contributed by atoms with Crippen molar-refractivity contribution in [3.63, 3.8) is 0 Å². The fraction of sp³-hybridized carbons (Fsp3) is 0. The van der Waals surface area contributed by atoms with Crippen LogP contribution in [0.4, 0.5) is 10.5 Å². The second-order valence-electron chi connectivity index (χ2n) is 5.94. The van der Waals surface area contributed by atoms with Crippen molar-refractivity contribution < 1.29 is 18.8 Å². The molecule has 138 valence electrons. The summed E-state index contributed by atoms with van der Waals surface area (Å²) in [6, 6.07) is 14.5. The SMILES string of the molecule is O=C1NC(=O)/C(=C/c2ccc(C(=O)Nc3ccc4oc(=O)ccc4c3)cc2)S1. The molecule has 0 atom stereocenters. The van der Waals surface area contributed by atoms with Crippen LogP contribution in [-0.2, 0) is 4.79 Å².